The Bertz CT molecular complexity index is 431. The lowest BCUT2D eigenvalue weighted by Crippen LogP contribution is -2.41. The van der Waals surface area contributed by atoms with E-state index < -0.39 is 0 Å². The highest BCUT2D eigenvalue weighted by Crippen LogP contribution is 2.17. The van der Waals surface area contributed by atoms with Gasteiger partial charge in [0.15, 0.2) is 0 Å². The van der Waals surface area contributed by atoms with Crippen molar-refractivity contribution in [2.75, 3.05) is 13.7 Å². The van der Waals surface area contributed by atoms with Gasteiger partial charge >= 0.3 is 5.97 Å². The molecular weight excluding hydrogens is 264 g/mol. The van der Waals surface area contributed by atoms with Gasteiger partial charge in [0.2, 0.25) is 5.91 Å². The lowest BCUT2D eigenvalue weighted by Gasteiger charge is -2.12. The molecule has 1 aromatic rings. The van der Waals surface area contributed by atoms with Gasteiger partial charge in [0.05, 0.1) is 19.6 Å². The second-order valence-corrected chi connectivity index (χ2v) is 5.37. The molecule has 19 heavy (non-hydrogen) atoms. The maximum Gasteiger partial charge on any atom is 0.310 e. The highest BCUT2D eigenvalue weighted by Gasteiger charge is 2.11. The van der Waals surface area contributed by atoms with E-state index in [4.69, 9.17) is 0 Å². The van der Waals surface area contributed by atoms with E-state index in [1.54, 1.807) is 11.3 Å². The molecule has 1 rings (SSSR count). The number of hydrogen-bond acceptors (Lipinski definition) is 5. The van der Waals surface area contributed by atoms with Gasteiger partial charge in [0, 0.05) is 22.8 Å². The summed E-state index contributed by atoms with van der Waals surface area (Å²) in [6, 6.07) is 3.64. The van der Waals surface area contributed by atoms with Crippen LogP contribution in [0.25, 0.3) is 0 Å². The molecule has 0 aromatic carbocycles. The number of likely N-dealkylation sites (N-methyl/N-ethyl adjacent to an activating group) is 1. The fraction of sp³-hybridized carbons (Fsp3) is 0.538. The molecule has 0 saturated heterocycles. The van der Waals surface area contributed by atoms with E-state index in [-0.39, 0.29) is 17.9 Å². The molecule has 0 radical (unpaired) electrons. The fourth-order valence-electron chi connectivity index (χ4n) is 1.50. The van der Waals surface area contributed by atoms with Crippen molar-refractivity contribution in [3.63, 3.8) is 0 Å². The molecule has 0 aliphatic carbocycles. The Morgan fingerprint density at radius 1 is 1.37 bits per heavy atom. The van der Waals surface area contributed by atoms with Crippen molar-refractivity contribution in [1.29, 1.82) is 0 Å². The van der Waals surface area contributed by atoms with Crippen molar-refractivity contribution in [2.45, 2.75) is 32.9 Å². The lowest BCUT2D eigenvalue weighted by atomic mass is 10.3. The zero-order valence-electron chi connectivity index (χ0n) is 11.5. The number of amides is 1. The van der Waals surface area contributed by atoms with Gasteiger partial charge in [-0.25, -0.2) is 0 Å². The van der Waals surface area contributed by atoms with Crippen LogP contribution in [0.5, 0.6) is 0 Å². The van der Waals surface area contributed by atoms with Crippen LogP contribution in [0.1, 0.15) is 23.6 Å². The third-order valence-electron chi connectivity index (χ3n) is 2.59. The molecule has 1 atom stereocenters. The zero-order chi connectivity index (χ0) is 14.3. The molecule has 106 valence electrons. The molecule has 6 heteroatoms. The number of nitrogens with one attached hydrogen (secondary N) is 2. The van der Waals surface area contributed by atoms with Crippen molar-refractivity contribution < 1.29 is 14.3 Å². The number of carbonyl (C=O) groups excluding carboxylic acids is 2. The quantitative estimate of drug-likeness (QED) is 0.735. The van der Waals surface area contributed by atoms with Gasteiger partial charge in [0.25, 0.3) is 0 Å². The van der Waals surface area contributed by atoms with Gasteiger partial charge < -0.3 is 15.4 Å². The fourth-order valence-corrected chi connectivity index (χ4v) is 2.45. The van der Waals surface area contributed by atoms with Crippen molar-refractivity contribution in [3.05, 3.63) is 21.9 Å². The van der Waals surface area contributed by atoms with Crippen LogP contribution in [0.3, 0.4) is 0 Å². The topological polar surface area (TPSA) is 67.4 Å². The molecule has 1 amide bonds. The minimum Gasteiger partial charge on any atom is -0.469 e. The smallest absolute Gasteiger partial charge is 0.310 e. The number of ether oxygens (including phenoxy) is 1. The molecule has 1 unspecified atom stereocenters. The normalized spacial score (nSPS) is 11.9. The molecule has 0 spiro atoms. The van der Waals surface area contributed by atoms with E-state index in [0.717, 1.165) is 9.75 Å². The van der Waals surface area contributed by atoms with Gasteiger partial charge in [-0.15, -0.1) is 11.3 Å². The molecule has 0 fully saturated rings. The van der Waals surface area contributed by atoms with E-state index >= 15 is 0 Å². The van der Waals surface area contributed by atoms with Gasteiger partial charge in [-0.1, -0.05) is 0 Å². The van der Waals surface area contributed by atoms with Crippen LogP contribution in [-0.2, 0) is 27.3 Å². The number of esters is 1. The summed E-state index contributed by atoms with van der Waals surface area (Å²) in [5, 5.41) is 5.91. The summed E-state index contributed by atoms with van der Waals surface area (Å²) < 4.78 is 4.62. The largest absolute Gasteiger partial charge is 0.469 e. The summed E-state index contributed by atoms with van der Waals surface area (Å²) in [5.74, 6) is -0.245. The first-order chi connectivity index (χ1) is 9.06. The Labute approximate surface area is 117 Å². The van der Waals surface area contributed by atoms with Crippen molar-refractivity contribution in [1.82, 2.24) is 10.6 Å². The van der Waals surface area contributed by atoms with Gasteiger partial charge in [-0.3, -0.25) is 9.59 Å². The predicted octanol–water partition coefficient (Wildman–Crippen LogP) is 1.08. The monoisotopic (exact) mass is 284 g/mol. The highest BCUT2D eigenvalue weighted by molar-refractivity contribution is 7.12. The molecule has 0 aliphatic rings. The van der Waals surface area contributed by atoms with Crippen molar-refractivity contribution in [3.8, 4) is 0 Å². The van der Waals surface area contributed by atoms with E-state index in [0.29, 0.717) is 19.5 Å². The first kappa shape index (κ1) is 15.7. The zero-order valence-corrected chi connectivity index (χ0v) is 12.3. The average Bonchev–Trinajstić information content (AvgIpc) is 2.83. The second kappa shape index (κ2) is 7.91. The van der Waals surface area contributed by atoms with Crippen LogP contribution in [0, 0.1) is 0 Å². The molecule has 5 nitrogen and oxygen atoms in total. The van der Waals surface area contributed by atoms with Gasteiger partial charge in [0.1, 0.15) is 0 Å². The number of carbonyl (C=O) groups is 2. The first-order valence-electron chi connectivity index (χ1n) is 6.22. The predicted molar refractivity (Wildman–Crippen MR) is 75.0 cm³/mol. The Kier molecular flexibility index (Phi) is 6.52. The Balaban J connectivity index is 2.41. The number of hydrogen-bond donors (Lipinski definition) is 2. The third kappa shape index (κ3) is 5.40. The van der Waals surface area contributed by atoms with E-state index in [9.17, 15) is 9.59 Å². The molecule has 0 bridgehead atoms. The van der Waals surface area contributed by atoms with Crippen LogP contribution in [-0.4, -0.2) is 31.6 Å². The Morgan fingerprint density at radius 3 is 2.68 bits per heavy atom. The SMILES string of the molecule is CCNC(=O)C(C)NCc1ccc(CC(=O)OC)s1. The van der Waals surface area contributed by atoms with Crippen molar-refractivity contribution in [2.24, 2.45) is 0 Å². The summed E-state index contributed by atoms with van der Waals surface area (Å²) in [5.41, 5.74) is 0. The number of thiophene rings is 1. The van der Waals surface area contributed by atoms with Crippen molar-refractivity contribution >= 4 is 23.2 Å². The molecular formula is C13H20N2O3S. The lowest BCUT2D eigenvalue weighted by molar-refractivity contribution is -0.139. The number of rotatable bonds is 7. The number of methoxy groups -OCH3 is 1. The summed E-state index contributed by atoms with van der Waals surface area (Å²) in [4.78, 5) is 24.7. The van der Waals surface area contributed by atoms with Crippen LogP contribution in [0.2, 0.25) is 0 Å². The minimum atomic E-state index is -0.239. The Morgan fingerprint density at radius 2 is 2.05 bits per heavy atom. The average molecular weight is 284 g/mol. The van der Waals surface area contributed by atoms with Crippen LogP contribution < -0.4 is 10.6 Å². The molecule has 2 N–H and O–H groups in total. The summed E-state index contributed by atoms with van der Waals surface area (Å²) in [6.07, 6.45) is 0.299. The molecule has 0 aliphatic heterocycles. The minimum absolute atomic E-state index is 0.00570. The molecule has 0 saturated carbocycles. The van der Waals surface area contributed by atoms with Crippen LogP contribution in [0.15, 0.2) is 12.1 Å². The van der Waals surface area contributed by atoms with Gasteiger partial charge in [-0.2, -0.15) is 0 Å². The summed E-state index contributed by atoms with van der Waals surface area (Å²) in [7, 11) is 1.38. The van der Waals surface area contributed by atoms with E-state index in [2.05, 4.69) is 15.4 Å². The molecule has 1 aromatic heterocycles. The third-order valence-corrected chi connectivity index (χ3v) is 3.68. The van der Waals surface area contributed by atoms with Crippen LogP contribution >= 0.6 is 11.3 Å². The Hall–Kier alpha value is -1.40. The summed E-state index contributed by atoms with van der Waals surface area (Å²) in [6.45, 7) is 4.97. The standard InChI is InChI=1S/C13H20N2O3S/c1-4-14-13(17)9(2)15-8-11-6-5-10(19-11)7-12(16)18-3/h5-6,9,15H,4,7-8H2,1-3H3,(H,14,17). The molecule has 1 heterocycles. The van der Waals surface area contributed by atoms with E-state index in [1.807, 2.05) is 26.0 Å². The van der Waals surface area contributed by atoms with E-state index in [1.165, 1.54) is 7.11 Å². The first-order valence-corrected chi connectivity index (χ1v) is 7.04. The maximum atomic E-state index is 11.5. The highest BCUT2D eigenvalue weighted by atomic mass is 32.1. The van der Waals surface area contributed by atoms with Crippen LogP contribution in [0.4, 0.5) is 0 Å². The maximum absolute atomic E-state index is 11.5. The van der Waals surface area contributed by atoms with Gasteiger partial charge in [-0.05, 0) is 26.0 Å². The summed E-state index contributed by atoms with van der Waals surface area (Å²) >= 11 is 1.55. The second-order valence-electron chi connectivity index (χ2n) is 4.12.